The summed E-state index contributed by atoms with van der Waals surface area (Å²) in [4.78, 5) is 12.0. The van der Waals surface area contributed by atoms with Crippen molar-refractivity contribution in [2.24, 2.45) is 5.92 Å². The van der Waals surface area contributed by atoms with Crippen molar-refractivity contribution in [1.82, 2.24) is 5.32 Å². The first kappa shape index (κ1) is 22.7. The van der Waals surface area contributed by atoms with Gasteiger partial charge in [-0.1, -0.05) is 32.0 Å². The lowest BCUT2D eigenvalue weighted by Gasteiger charge is -2.24. The second kappa shape index (κ2) is 10.8. The minimum atomic E-state index is -0.342. The maximum absolute atomic E-state index is 12.0. The normalized spacial score (nSPS) is 11.7. The predicted octanol–water partition coefficient (Wildman–Crippen LogP) is 5.25. The Morgan fingerprint density at radius 2 is 1.83 bits per heavy atom. The molecule has 2 N–H and O–H groups in total. The van der Waals surface area contributed by atoms with E-state index in [4.69, 9.17) is 21.7 Å². The van der Waals surface area contributed by atoms with Crippen molar-refractivity contribution in [2.75, 3.05) is 19.0 Å². The van der Waals surface area contributed by atoms with Crippen LogP contribution in [0.25, 0.3) is 0 Å². The summed E-state index contributed by atoms with van der Waals surface area (Å²) in [6, 6.07) is 13.5. The van der Waals surface area contributed by atoms with Crippen LogP contribution in [0.5, 0.6) is 5.75 Å². The average molecular weight is 415 g/mol. The maximum atomic E-state index is 12.0. The van der Waals surface area contributed by atoms with Gasteiger partial charge in [-0.15, -0.1) is 0 Å². The number of ether oxygens (including phenoxy) is 2. The number of benzene rings is 2. The molecule has 0 saturated carbocycles. The highest BCUT2D eigenvalue weighted by atomic mass is 32.1. The number of nitrogens with one attached hydrogen (secondary N) is 2. The van der Waals surface area contributed by atoms with Crippen LogP contribution >= 0.6 is 12.2 Å². The number of aryl methyl sites for hydroxylation is 1. The molecule has 2 aromatic carbocycles. The van der Waals surface area contributed by atoms with Crippen molar-refractivity contribution >= 4 is 29.0 Å². The van der Waals surface area contributed by atoms with E-state index in [0.29, 0.717) is 23.2 Å². The van der Waals surface area contributed by atoms with Gasteiger partial charge < -0.3 is 20.1 Å². The zero-order valence-electron chi connectivity index (χ0n) is 17.7. The summed E-state index contributed by atoms with van der Waals surface area (Å²) in [6.45, 7) is 8.46. The average Bonchev–Trinajstić information content (AvgIpc) is 2.69. The van der Waals surface area contributed by atoms with Crippen LogP contribution in [-0.2, 0) is 4.74 Å². The van der Waals surface area contributed by atoms with Crippen molar-refractivity contribution in [3.05, 3.63) is 59.2 Å². The Kier molecular flexibility index (Phi) is 8.46. The number of thiocarbonyl (C=S) groups is 1. The van der Waals surface area contributed by atoms with E-state index in [-0.39, 0.29) is 12.0 Å². The molecule has 1 atom stereocenters. The van der Waals surface area contributed by atoms with Gasteiger partial charge in [-0.25, -0.2) is 4.79 Å². The van der Waals surface area contributed by atoms with Gasteiger partial charge in [-0.3, -0.25) is 0 Å². The predicted molar refractivity (Wildman–Crippen MR) is 122 cm³/mol. The van der Waals surface area contributed by atoms with Gasteiger partial charge in [0.1, 0.15) is 5.75 Å². The van der Waals surface area contributed by atoms with E-state index >= 15 is 0 Å². The fourth-order valence-corrected chi connectivity index (χ4v) is 3.25. The molecule has 0 aromatic heterocycles. The number of methoxy groups -OCH3 is 1. The molecule has 6 heteroatoms. The van der Waals surface area contributed by atoms with Gasteiger partial charge in [-0.2, -0.15) is 0 Å². The van der Waals surface area contributed by atoms with Gasteiger partial charge in [0.15, 0.2) is 5.11 Å². The standard InChI is InChI=1S/C23H30N2O3S/c1-6-28-22(26)18-8-7-16(4)20(14-18)24-23(29)25-21(13-15(2)3)17-9-11-19(27-5)12-10-17/h7-12,14-15,21H,6,13H2,1-5H3,(H2,24,25,29)/t21-/m1/s1. The molecule has 0 radical (unpaired) electrons. The molecule has 0 bridgehead atoms. The smallest absolute Gasteiger partial charge is 0.338 e. The molecule has 0 aliphatic carbocycles. The van der Waals surface area contributed by atoms with E-state index in [1.807, 2.05) is 37.3 Å². The Morgan fingerprint density at radius 1 is 1.14 bits per heavy atom. The molecule has 29 heavy (non-hydrogen) atoms. The molecule has 2 rings (SSSR count). The number of rotatable bonds is 8. The minimum absolute atomic E-state index is 0.0643. The third kappa shape index (κ3) is 6.75. The minimum Gasteiger partial charge on any atom is -0.497 e. The lowest BCUT2D eigenvalue weighted by Crippen LogP contribution is -2.33. The molecule has 5 nitrogen and oxygen atoms in total. The first-order chi connectivity index (χ1) is 13.8. The quantitative estimate of drug-likeness (QED) is 0.454. The third-order valence-corrected chi connectivity index (χ3v) is 4.75. The number of esters is 1. The molecule has 156 valence electrons. The van der Waals surface area contributed by atoms with Crippen LogP contribution in [0.3, 0.4) is 0 Å². The summed E-state index contributed by atoms with van der Waals surface area (Å²) in [6.07, 6.45) is 0.927. The molecule has 0 heterocycles. The summed E-state index contributed by atoms with van der Waals surface area (Å²) in [5.74, 6) is 0.973. The number of anilines is 1. The summed E-state index contributed by atoms with van der Waals surface area (Å²) < 4.78 is 10.3. The SMILES string of the molecule is CCOC(=O)c1ccc(C)c(NC(=S)N[C@H](CC(C)C)c2ccc(OC)cc2)c1. The summed E-state index contributed by atoms with van der Waals surface area (Å²) in [5, 5.41) is 7.16. The van der Waals surface area contributed by atoms with E-state index < -0.39 is 0 Å². The van der Waals surface area contributed by atoms with E-state index in [1.54, 1.807) is 26.2 Å². The summed E-state index contributed by atoms with van der Waals surface area (Å²) in [5.41, 5.74) is 3.41. The fraction of sp³-hybridized carbons (Fsp3) is 0.391. The van der Waals surface area contributed by atoms with Gasteiger partial charge in [0.2, 0.25) is 0 Å². The highest BCUT2D eigenvalue weighted by molar-refractivity contribution is 7.80. The van der Waals surface area contributed by atoms with Crippen LogP contribution in [0.2, 0.25) is 0 Å². The fourth-order valence-electron chi connectivity index (χ4n) is 3.00. The molecule has 0 amide bonds. The van der Waals surface area contributed by atoms with E-state index in [0.717, 1.165) is 29.0 Å². The monoisotopic (exact) mass is 414 g/mol. The van der Waals surface area contributed by atoms with E-state index in [1.165, 1.54) is 0 Å². The number of carbonyl (C=O) groups is 1. The van der Waals surface area contributed by atoms with Crippen molar-refractivity contribution in [3.63, 3.8) is 0 Å². The molecular weight excluding hydrogens is 384 g/mol. The van der Waals surface area contributed by atoms with Gasteiger partial charge in [-0.05, 0) is 73.8 Å². The van der Waals surface area contributed by atoms with Crippen molar-refractivity contribution in [1.29, 1.82) is 0 Å². The summed E-state index contributed by atoms with van der Waals surface area (Å²) >= 11 is 5.57. The van der Waals surface area contributed by atoms with Gasteiger partial charge in [0.25, 0.3) is 0 Å². The van der Waals surface area contributed by atoms with Crippen molar-refractivity contribution in [3.8, 4) is 5.75 Å². The lowest BCUT2D eigenvalue weighted by molar-refractivity contribution is 0.0526. The van der Waals surface area contributed by atoms with Crippen molar-refractivity contribution < 1.29 is 14.3 Å². The second-order valence-electron chi connectivity index (χ2n) is 7.30. The van der Waals surface area contributed by atoms with Crippen LogP contribution in [0.1, 0.15) is 54.7 Å². The largest absolute Gasteiger partial charge is 0.497 e. The Hall–Kier alpha value is -2.60. The van der Waals surface area contributed by atoms with Gasteiger partial charge >= 0.3 is 5.97 Å². The zero-order valence-corrected chi connectivity index (χ0v) is 18.6. The number of hydrogen-bond acceptors (Lipinski definition) is 4. The van der Waals surface area contributed by atoms with E-state index in [9.17, 15) is 4.79 Å². The molecule has 0 unspecified atom stereocenters. The van der Waals surface area contributed by atoms with Crippen LogP contribution in [0, 0.1) is 12.8 Å². The Bertz CT molecular complexity index is 835. The lowest BCUT2D eigenvalue weighted by atomic mass is 9.97. The van der Waals surface area contributed by atoms with Gasteiger partial charge in [0, 0.05) is 5.69 Å². The highest BCUT2D eigenvalue weighted by Gasteiger charge is 2.16. The van der Waals surface area contributed by atoms with Crippen LogP contribution in [-0.4, -0.2) is 24.8 Å². The first-order valence-electron chi connectivity index (χ1n) is 9.83. The number of hydrogen-bond donors (Lipinski definition) is 2. The molecule has 0 spiro atoms. The molecule has 0 saturated heterocycles. The van der Waals surface area contributed by atoms with Crippen LogP contribution < -0.4 is 15.4 Å². The van der Waals surface area contributed by atoms with Crippen LogP contribution in [0.15, 0.2) is 42.5 Å². The topological polar surface area (TPSA) is 59.6 Å². The Balaban J connectivity index is 2.15. The Labute approximate surface area is 178 Å². The molecular formula is C23H30N2O3S. The van der Waals surface area contributed by atoms with Crippen LogP contribution in [0.4, 0.5) is 5.69 Å². The zero-order chi connectivity index (χ0) is 21.4. The van der Waals surface area contributed by atoms with Gasteiger partial charge in [0.05, 0.1) is 25.3 Å². The molecule has 0 fully saturated rings. The second-order valence-corrected chi connectivity index (χ2v) is 7.71. The number of carbonyl (C=O) groups excluding carboxylic acids is 1. The molecule has 0 aliphatic rings. The Morgan fingerprint density at radius 3 is 2.41 bits per heavy atom. The van der Waals surface area contributed by atoms with Crippen molar-refractivity contribution in [2.45, 2.75) is 40.2 Å². The summed E-state index contributed by atoms with van der Waals surface area (Å²) in [7, 11) is 1.66. The molecule has 0 aliphatic heterocycles. The first-order valence-corrected chi connectivity index (χ1v) is 10.2. The van der Waals surface area contributed by atoms with E-state index in [2.05, 4.69) is 24.5 Å². The maximum Gasteiger partial charge on any atom is 0.338 e. The molecule has 2 aromatic rings. The third-order valence-electron chi connectivity index (χ3n) is 4.53. The highest BCUT2D eigenvalue weighted by Crippen LogP contribution is 2.24.